The summed E-state index contributed by atoms with van der Waals surface area (Å²) in [6.45, 7) is 3.21. The number of para-hydroxylation sites is 2. The van der Waals surface area contributed by atoms with E-state index >= 15 is 0 Å². The molecule has 0 saturated carbocycles. The molecule has 2 aromatic carbocycles. The molecule has 0 bridgehead atoms. The monoisotopic (exact) mass is 413 g/mol. The highest BCUT2D eigenvalue weighted by molar-refractivity contribution is 6.00. The third-order valence-electron chi connectivity index (χ3n) is 6.16. The van der Waals surface area contributed by atoms with Crippen molar-refractivity contribution in [2.45, 2.75) is 32.2 Å². The highest BCUT2D eigenvalue weighted by atomic mass is 16.5. The van der Waals surface area contributed by atoms with Crippen molar-refractivity contribution in [2.75, 3.05) is 22.5 Å². The first-order valence-corrected chi connectivity index (χ1v) is 10.7. The maximum absolute atomic E-state index is 6.28. The van der Waals surface area contributed by atoms with E-state index in [1.165, 1.54) is 12.8 Å². The highest BCUT2D eigenvalue weighted by Gasteiger charge is 2.26. The summed E-state index contributed by atoms with van der Waals surface area (Å²) in [5, 5.41) is 11.8. The lowest BCUT2D eigenvalue weighted by Gasteiger charge is -2.25. The Hall–Kier alpha value is -3.81. The molecule has 1 fully saturated rings. The third kappa shape index (κ3) is 2.94. The number of aromatic amines is 1. The maximum Gasteiger partial charge on any atom is 0.222 e. The fourth-order valence-electron chi connectivity index (χ4n) is 4.65. The Bertz CT molecular complexity index is 1300. The van der Waals surface area contributed by atoms with Gasteiger partial charge in [-0.05, 0) is 43.5 Å². The second kappa shape index (κ2) is 6.87. The Morgan fingerprint density at radius 1 is 1.16 bits per heavy atom. The molecule has 2 aromatic heterocycles. The molecule has 8 heteroatoms. The Kier molecular flexibility index (Phi) is 3.99. The lowest BCUT2D eigenvalue weighted by molar-refractivity contribution is 0.492. The van der Waals surface area contributed by atoms with Crippen LogP contribution in [0.3, 0.4) is 0 Å². The average Bonchev–Trinajstić information content (AvgIpc) is 3.38. The van der Waals surface area contributed by atoms with E-state index in [0.29, 0.717) is 6.04 Å². The molecule has 1 atom stereocenters. The van der Waals surface area contributed by atoms with E-state index in [9.17, 15) is 0 Å². The Balaban J connectivity index is 1.48. The topological polar surface area (TPSA) is 105 Å². The molecule has 2 aliphatic rings. The van der Waals surface area contributed by atoms with Gasteiger partial charge in [-0.25, -0.2) is 4.98 Å². The highest BCUT2D eigenvalue weighted by Crippen LogP contribution is 2.44. The second-order valence-corrected chi connectivity index (χ2v) is 8.06. The molecule has 2 aliphatic heterocycles. The van der Waals surface area contributed by atoms with Crippen molar-refractivity contribution < 1.29 is 4.74 Å². The van der Waals surface area contributed by atoms with Gasteiger partial charge in [-0.1, -0.05) is 19.1 Å². The van der Waals surface area contributed by atoms with Crippen LogP contribution in [0.2, 0.25) is 0 Å². The van der Waals surface area contributed by atoms with Crippen LogP contribution in [0.15, 0.2) is 42.5 Å². The number of hydrogen-bond donors (Lipinski definition) is 3. The molecule has 31 heavy (non-hydrogen) atoms. The van der Waals surface area contributed by atoms with Crippen LogP contribution in [0.1, 0.15) is 26.2 Å². The molecule has 0 spiro atoms. The van der Waals surface area contributed by atoms with E-state index in [4.69, 9.17) is 10.5 Å². The molecule has 4 aromatic rings. The van der Waals surface area contributed by atoms with E-state index in [2.05, 4.69) is 37.3 Å². The minimum Gasteiger partial charge on any atom is -0.454 e. The molecule has 4 N–H and O–H groups in total. The Morgan fingerprint density at radius 2 is 2.06 bits per heavy atom. The van der Waals surface area contributed by atoms with Crippen LogP contribution in [-0.4, -0.2) is 32.8 Å². The van der Waals surface area contributed by atoms with E-state index in [-0.39, 0.29) is 5.95 Å². The summed E-state index contributed by atoms with van der Waals surface area (Å²) in [5.41, 5.74) is 9.55. The fraction of sp³-hybridized carbons (Fsp3) is 0.261. The van der Waals surface area contributed by atoms with E-state index in [0.717, 1.165) is 63.9 Å². The molecule has 0 radical (unpaired) electrons. The van der Waals surface area contributed by atoms with Gasteiger partial charge >= 0.3 is 0 Å². The number of nitrogens with two attached hydrogens (primary N) is 1. The van der Waals surface area contributed by atoms with Gasteiger partial charge in [-0.2, -0.15) is 10.1 Å². The minimum absolute atomic E-state index is 0.276. The van der Waals surface area contributed by atoms with Crippen LogP contribution < -0.4 is 20.7 Å². The Morgan fingerprint density at radius 3 is 2.97 bits per heavy atom. The van der Waals surface area contributed by atoms with Crippen LogP contribution >= 0.6 is 0 Å². The maximum atomic E-state index is 6.28. The summed E-state index contributed by atoms with van der Waals surface area (Å²) in [5.74, 6) is 3.38. The number of hydrogen-bond acceptors (Lipinski definition) is 7. The zero-order chi connectivity index (χ0) is 20.9. The van der Waals surface area contributed by atoms with Gasteiger partial charge in [-0.15, -0.1) is 0 Å². The lowest BCUT2D eigenvalue weighted by atomic mass is 10.1. The average molecular weight is 413 g/mol. The number of aromatic nitrogens is 4. The summed E-state index contributed by atoms with van der Waals surface area (Å²) < 4.78 is 6.28. The van der Waals surface area contributed by atoms with Gasteiger partial charge in [0.2, 0.25) is 5.95 Å². The van der Waals surface area contributed by atoms with Gasteiger partial charge in [0, 0.05) is 24.2 Å². The van der Waals surface area contributed by atoms with Gasteiger partial charge < -0.3 is 20.7 Å². The summed E-state index contributed by atoms with van der Waals surface area (Å²) in [6.07, 6.45) is 3.45. The zero-order valence-electron chi connectivity index (χ0n) is 17.2. The number of anilines is 4. The number of H-pyrrole nitrogens is 1. The van der Waals surface area contributed by atoms with Crippen molar-refractivity contribution >= 4 is 34.2 Å². The van der Waals surface area contributed by atoms with Crippen LogP contribution in [-0.2, 0) is 0 Å². The van der Waals surface area contributed by atoms with Gasteiger partial charge in [-0.3, -0.25) is 5.10 Å². The Labute approximate surface area is 179 Å². The SMILES string of the molecule is CCC1CCCN1c1cc(-c2cc3c4c(n[nH]c4c2)Nc2ccccc2O3)nc(N)n1. The molecule has 6 rings (SSSR count). The number of nitrogens with one attached hydrogen (secondary N) is 2. The standard InChI is InChI=1S/C23H23N7O/c1-2-14-6-5-9-30(14)20-12-16(26-23(24)27-20)13-10-17-21-19(11-13)31-18-8-4-3-7-15(18)25-22(21)29-28-17/h3-4,7-8,10-12,14H,2,5-6,9H2,1H3,(H2,24,26,27)(H2,25,28,29). The first-order chi connectivity index (χ1) is 15.2. The van der Waals surface area contributed by atoms with Crippen molar-refractivity contribution in [3.8, 4) is 22.8 Å². The van der Waals surface area contributed by atoms with Gasteiger partial charge in [0.25, 0.3) is 0 Å². The molecule has 1 saturated heterocycles. The van der Waals surface area contributed by atoms with Crippen molar-refractivity contribution in [1.82, 2.24) is 20.2 Å². The number of ether oxygens (including phenoxy) is 1. The molecule has 0 aliphatic carbocycles. The molecule has 0 amide bonds. The number of nitrogens with zero attached hydrogens (tertiary/aromatic N) is 4. The van der Waals surface area contributed by atoms with Crippen LogP contribution in [0.25, 0.3) is 22.2 Å². The normalized spacial score (nSPS) is 17.2. The van der Waals surface area contributed by atoms with Gasteiger partial charge in [0.15, 0.2) is 11.6 Å². The molecule has 4 heterocycles. The van der Waals surface area contributed by atoms with Gasteiger partial charge in [0.05, 0.1) is 22.3 Å². The number of rotatable bonds is 3. The lowest BCUT2D eigenvalue weighted by Crippen LogP contribution is -2.29. The smallest absolute Gasteiger partial charge is 0.222 e. The third-order valence-corrected chi connectivity index (χ3v) is 6.16. The van der Waals surface area contributed by atoms with Crippen molar-refractivity contribution in [1.29, 1.82) is 0 Å². The second-order valence-electron chi connectivity index (χ2n) is 8.06. The van der Waals surface area contributed by atoms with Crippen molar-refractivity contribution in [3.05, 3.63) is 42.5 Å². The summed E-state index contributed by atoms with van der Waals surface area (Å²) in [7, 11) is 0. The van der Waals surface area contributed by atoms with Crippen LogP contribution in [0.5, 0.6) is 11.5 Å². The van der Waals surface area contributed by atoms with Crippen molar-refractivity contribution in [3.63, 3.8) is 0 Å². The predicted octanol–water partition coefficient (Wildman–Crippen LogP) is 4.83. The van der Waals surface area contributed by atoms with E-state index < -0.39 is 0 Å². The first kappa shape index (κ1) is 18.0. The van der Waals surface area contributed by atoms with E-state index in [1.54, 1.807) is 0 Å². The molecule has 156 valence electrons. The summed E-state index contributed by atoms with van der Waals surface area (Å²) >= 11 is 0. The minimum atomic E-state index is 0.276. The summed E-state index contributed by atoms with van der Waals surface area (Å²) in [4.78, 5) is 11.4. The predicted molar refractivity (Wildman–Crippen MR) is 122 cm³/mol. The van der Waals surface area contributed by atoms with E-state index in [1.807, 2.05) is 42.5 Å². The number of fused-ring (bicyclic) bond motifs is 1. The number of benzene rings is 2. The first-order valence-electron chi connectivity index (χ1n) is 10.7. The fourth-order valence-corrected chi connectivity index (χ4v) is 4.65. The van der Waals surface area contributed by atoms with Gasteiger partial charge in [0.1, 0.15) is 11.6 Å². The molecular weight excluding hydrogens is 390 g/mol. The molecule has 1 unspecified atom stereocenters. The van der Waals surface area contributed by atoms with Crippen molar-refractivity contribution in [2.24, 2.45) is 0 Å². The van der Waals surface area contributed by atoms with Crippen LogP contribution in [0.4, 0.5) is 23.3 Å². The molecular formula is C23H23N7O. The largest absolute Gasteiger partial charge is 0.454 e. The quantitative estimate of drug-likeness (QED) is 0.389. The zero-order valence-corrected chi connectivity index (χ0v) is 17.2. The number of nitrogen functional groups attached to an aromatic ring is 1. The summed E-state index contributed by atoms with van der Waals surface area (Å²) in [6, 6.07) is 14.4. The van der Waals surface area contributed by atoms with Crippen LogP contribution in [0, 0.1) is 0 Å². The molecule has 8 nitrogen and oxygen atoms in total.